The third-order valence-corrected chi connectivity index (χ3v) is 10.2. The van der Waals surface area contributed by atoms with E-state index in [0.29, 0.717) is 32.6 Å². The van der Waals surface area contributed by atoms with E-state index in [-0.39, 0.29) is 29.0 Å². The second-order valence-corrected chi connectivity index (χ2v) is 12.6. The standard InChI is InChI=1S/C29H22BrN3O6S2/c1-39-20-12-6-17(7-13-20)31-21(35)14-32-28-25(41-29(32)38)22(15-2-10-19(34)11-3-15)23-24(40-28)27(37)33(26(23)36)18-8-4-16(30)5-9-18/h2-13,22-24,34H,14H2,1H3,(H,31,35)/t22-,23+,24-/m0/s1. The number of ether oxygens (including phenoxy) is 1. The number of carbonyl (C=O) groups excluding carboxylic acids is 3. The van der Waals surface area contributed by atoms with Crippen molar-refractivity contribution >= 4 is 68.1 Å². The van der Waals surface area contributed by atoms with Crippen LogP contribution in [0.1, 0.15) is 16.4 Å². The summed E-state index contributed by atoms with van der Waals surface area (Å²) < 4.78 is 7.33. The molecule has 0 unspecified atom stereocenters. The Labute approximate surface area is 250 Å². The summed E-state index contributed by atoms with van der Waals surface area (Å²) in [6.07, 6.45) is 0. The number of phenolic OH excluding ortho intramolecular Hbond substituents is 1. The molecule has 0 saturated carbocycles. The maximum absolute atomic E-state index is 13.9. The second kappa shape index (κ2) is 10.8. The lowest BCUT2D eigenvalue weighted by Crippen LogP contribution is -2.33. The van der Waals surface area contributed by atoms with Gasteiger partial charge >= 0.3 is 4.87 Å². The van der Waals surface area contributed by atoms with Crippen LogP contribution in [0.25, 0.3) is 0 Å². The van der Waals surface area contributed by atoms with Crippen LogP contribution in [-0.4, -0.2) is 39.8 Å². The van der Waals surface area contributed by atoms with Crippen LogP contribution in [-0.2, 0) is 20.9 Å². The van der Waals surface area contributed by atoms with E-state index in [0.717, 1.165) is 27.6 Å². The molecule has 4 aromatic rings. The first-order chi connectivity index (χ1) is 19.7. The van der Waals surface area contributed by atoms with Crippen LogP contribution in [0.5, 0.6) is 11.5 Å². The molecule has 1 saturated heterocycles. The smallest absolute Gasteiger partial charge is 0.308 e. The molecule has 2 aliphatic rings. The fraction of sp³-hybridized carbons (Fsp3) is 0.172. The molecular formula is C29H22BrN3O6S2. The van der Waals surface area contributed by atoms with Gasteiger partial charge in [-0.1, -0.05) is 51.2 Å². The highest BCUT2D eigenvalue weighted by atomic mass is 79.9. The van der Waals surface area contributed by atoms with E-state index in [2.05, 4.69) is 21.2 Å². The molecule has 3 atom stereocenters. The number of carbonyl (C=O) groups is 3. The zero-order valence-corrected chi connectivity index (χ0v) is 24.7. The molecule has 0 radical (unpaired) electrons. The number of nitrogens with zero attached hydrogens (tertiary/aromatic N) is 2. The van der Waals surface area contributed by atoms with Crippen molar-refractivity contribution < 1.29 is 24.2 Å². The van der Waals surface area contributed by atoms with Gasteiger partial charge in [0.25, 0.3) is 0 Å². The van der Waals surface area contributed by atoms with Gasteiger partial charge in [0.15, 0.2) is 0 Å². The molecule has 6 rings (SSSR count). The molecule has 3 aromatic carbocycles. The molecule has 1 aromatic heterocycles. The summed E-state index contributed by atoms with van der Waals surface area (Å²) in [5, 5.41) is 12.4. The molecule has 0 aliphatic carbocycles. The highest BCUT2D eigenvalue weighted by Crippen LogP contribution is 2.54. The van der Waals surface area contributed by atoms with E-state index in [9.17, 15) is 24.3 Å². The van der Waals surface area contributed by atoms with Gasteiger partial charge in [-0.2, -0.15) is 0 Å². The first-order valence-electron chi connectivity index (χ1n) is 12.5. The lowest BCUT2D eigenvalue weighted by Gasteiger charge is -2.30. The van der Waals surface area contributed by atoms with Crippen molar-refractivity contribution in [3.63, 3.8) is 0 Å². The monoisotopic (exact) mass is 651 g/mol. The number of benzene rings is 3. The van der Waals surface area contributed by atoms with Gasteiger partial charge in [-0.3, -0.25) is 23.7 Å². The molecule has 12 heteroatoms. The third kappa shape index (κ3) is 4.96. The van der Waals surface area contributed by atoms with Gasteiger partial charge in [-0.25, -0.2) is 4.90 Å². The maximum atomic E-state index is 13.9. The molecule has 9 nitrogen and oxygen atoms in total. The minimum atomic E-state index is -0.803. The number of rotatable bonds is 6. The number of aromatic nitrogens is 1. The highest BCUT2D eigenvalue weighted by Gasteiger charge is 2.56. The van der Waals surface area contributed by atoms with Crippen LogP contribution >= 0.6 is 39.0 Å². The van der Waals surface area contributed by atoms with Crippen molar-refractivity contribution in [1.29, 1.82) is 0 Å². The van der Waals surface area contributed by atoms with Gasteiger partial charge in [0, 0.05) is 21.0 Å². The minimum absolute atomic E-state index is 0.0574. The fourth-order valence-corrected chi connectivity index (χ4v) is 8.20. The average Bonchev–Trinajstić information content (AvgIpc) is 3.40. The summed E-state index contributed by atoms with van der Waals surface area (Å²) in [7, 11) is 1.55. The minimum Gasteiger partial charge on any atom is -0.508 e. The Morgan fingerprint density at radius 1 is 0.976 bits per heavy atom. The first-order valence-corrected chi connectivity index (χ1v) is 15.0. The summed E-state index contributed by atoms with van der Waals surface area (Å²) in [5.74, 6) is -1.83. The number of nitrogens with one attached hydrogen (secondary N) is 1. The lowest BCUT2D eigenvalue weighted by molar-refractivity contribution is -0.122. The fourth-order valence-electron chi connectivity index (χ4n) is 5.16. The summed E-state index contributed by atoms with van der Waals surface area (Å²) in [6.45, 7) is -0.262. The van der Waals surface area contributed by atoms with Gasteiger partial charge in [0.2, 0.25) is 17.7 Å². The summed E-state index contributed by atoms with van der Waals surface area (Å²) >= 11 is 5.50. The summed E-state index contributed by atoms with van der Waals surface area (Å²) in [4.78, 5) is 55.4. The number of halogens is 1. The molecule has 2 aliphatic heterocycles. The predicted octanol–water partition coefficient (Wildman–Crippen LogP) is 4.82. The number of hydrogen-bond donors (Lipinski definition) is 2. The number of thioether (sulfide) groups is 1. The normalized spacial score (nSPS) is 19.6. The van der Waals surface area contributed by atoms with Gasteiger partial charge < -0.3 is 15.2 Å². The molecule has 208 valence electrons. The van der Waals surface area contributed by atoms with Crippen molar-refractivity contribution in [3.8, 4) is 11.5 Å². The van der Waals surface area contributed by atoms with Gasteiger partial charge in [-0.05, 0) is 66.2 Å². The van der Waals surface area contributed by atoms with Crippen molar-refractivity contribution in [1.82, 2.24) is 4.57 Å². The second-order valence-electron chi connectivity index (χ2n) is 9.52. The van der Waals surface area contributed by atoms with E-state index in [1.165, 1.54) is 21.6 Å². The maximum Gasteiger partial charge on any atom is 0.308 e. The molecule has 3 amide bonds. The van der Waals surface area contributed by atoms with Crippen LogP contribution in [0.3, 0.4) is 0 Å². The number of amides is 3. The van der Waals surface area contributed by atoms with Crippen molar-refractivity contribution in [2.45, 2.75) is 22.7 Å². The van der Waals surface area contributed by atoms with E-state index < -0.39 is 23.0 Å². The Kier molecular flexibility index (Phi) is 7.22. The number of thiazole rings is 1. The third-order valence-electron chi connectivity index (χ3n) is 7.06. The van der Waals surface area contributed by atoms with Crippen LogP contribution in [0.2, 0.25) is 0 Å². The zero-order valence-electron chi connectivity index (χ0n) is 21.4. The van der Waals surface area contributed by atoms with E-state index in [1.54, 1.807) is 67.8 Å². The van der Waals surface area contributed by atoms with Crippen molar-refractivity contribution in [3.05, 3.63) is 97.4 Å². The molecule has 0 spiro atoms. The average molecular weight is 653 g/mol. The molecular weight excluding hydrogens is 630 g/mol. The number of aromatic hydroxyl groups is 1. The van der Waals surface area contributed by atoms with Crippen molar-refractivity contribution in [2.75, 3.05) is 17.3 Å². The first kappa shape index (κ1) is 27.3. The summed E-state index contributed by atoms with van der Waals surface area (Å²) in [6, 6.07) is 20.2. The van der Waals surface area contributed by atoms with Gasteiger partial charge in [0.1, 0.15) is 23.3 Å². The Balaban J connectivity index is 1.38. The number of anilines is 2. The number of fused-ring (bicyclic) bond motifs is 2. The van der Waals surface area contributed by atoms with Crippen LogP contribution in [0.4, 0.5) is 11.4 Å². The van der Waals surface area contributed by atoms with E-state index in [4.69, 9.17) is 4.74 Å². The molecule has 2 N–H and O–H groups in total. The number of imide groups is 1. The summed E-state index contributed by atoms with van der Waals surface area (Å²) in [5.41, 5.74) is 1.70. The largest absolute Gasteiger partial charge is 0.508 e. The number of hydrogen-bond acceptors (Lipinski definition) is 8. The SMILES string of the molecule is COc1ccc(NC(=O)Cn2c3c(sc2=O)[C@@H](c2ccc(O)cc2)[C@H]2C(=O)N(c4ccc(Br)cc4)C(=O)[C@H]2S3)cc1. The topological polar surface area (TPSA) is 118 Å². The molecule has 1 fully saturated rings. The zero-order chi connectivity index (χ0) is 28.8. The number of methoxy groups -OCH3 is 1. The molecule has 3 heterocycles. The molecule has 41 heavy (non-hydrogen) atoms. The highest BCUT2D eigenvalue weighted by molar-refractivity contribution is 9.10. The van der Waals surface area contributed by atoms with Crippen LogP contribution in [0, 0.1) is 5.92 Å². The predicted molar refractivity (Wildman–Crippen MR) is 160 cm³/mol. The molecule has 0 bridgehead atoms. The quantitative estimate of drug-likeness (QED) is 0.287. The Hall–Kier alpha value is -3.87. The Morgan fingerprint density at radius 3 is 2.32 bits per heavy atom. The Bertz CT molecular complexity index is 1720. The van der Waals surface area contributed by atoms with Gasteiger partial charge in [-0.15, -0.1) is 0 Å². The lowest BCUT2D eigenvalue weighted by atomic mass is 9.83. The van der Waals surface area contributed by atoms with Crippen molar-refractivity contribution in [2.24, 2.45) is 5.92 Å². The van der Waals surface area contributed by atoms with E-state index in [1.807, 2.05) is 0 Å². The van der Waals surface area contributed by atoms with E-state index >= 15 is 0 Å². The van der Waals surface area contributed by atoms with Crippen LogP contribution < -0.4 is 19.8 Å². The Morgan fingerprint density at radius 2 is 1.66 bits per heavy atom. The number of phenols is 1. The van der Waals surface area contributed by atoms with Gasteiger partial charge in [0.05, 0.1) is 23.7 Å². The van der Waals surface area contributed by atoms with Crippen LogP contribution in [0.15, 0.2) is 87.1 Å².